The Bertz CT molecular complexity index is 755. The molecular weight excluding hydrogens is 367 g/mol. The first-order valence-electron chi connectivity index (χ1n) is 7.52. The number of fused-ring (bicyclic) bond motifs is 1. The summed E-state index contributed by atoms with van der Waals surface area (Å²) in [6, 6.07) is -0.233. The Morgan fingerprint density at radius 1 is 1.40 bits per heavy atom. The van der Waals surface area contributed by atoms with Gasteiger partial charge in [-0.15, -0.1) is 11.3 Å². The van der Waals surface area contributed by atoms with Gasteiger partial charge in [-0.2, -0.15) is 0 Å². The lowest BCUT2D eigenvalue weighted by molar-refractivity contribution is -0.136. The molecule has 0 spiro atoms. The number of thiazole rings is 1. The van der Waals surface area contributed by atoms with Gasteiger partial charge in [0, 0.05) is 50.5 Å². The Kier molecular flexibility index (Phi) is 5.35. The van der Waals surface area contributed by atoms with Crippen molar-refractivity contribution in [2.24, 2.45) is 4.99 Å². The Morgan fingerprint density at radius 3 is 2.76 bits per heavy atom. The maximum Gasteiger partial charge on any atom is 0.405 e. The van der Waals surface area contributed by atoms with Crippen molar-refractivity contribution in [3.05, 3.63) is 27.9 Å². The second kappa shape index (κ2) is 7.35. The predicted octanol–water partition coefficient (Wildman–Crippen LogP) is 1.40. The number of aromatic nitrogens is 1. The van der Waals surface area contributed by atoms with Crippen LogP contribution in [-0.4, -0.2) is 62.1 Å². The van der Waals surface area contributed by atoms with E-state index in [9.17, 15) is 9.36 Å². The number of ether oxygens (including phenoxy) is 1. The van der Waals surface area contributed by atoms with Gasteiger partial charge in [-0.25, -0.2) is 19.4 Å². The van der Waals surface area contributed by atoms with E-state index in [-0.39, 0.29) is 12.6 Å². The van der Waals surface area contributed by atoms with Crippen molar-refractivity contribution in [2.75, 3.05) is 34.4 Å². The molecule has 9 nitrogen and oxygen atoms in total. The molecule has 0 saturated carbocycles. The van der Waals surface area contributed by atoms with Gasteiger partial charge in [-0.1, -0.05) is 0 Å². The number of methoxy groups -OCH3 is 1. The van der Waals surface area contributed by atoms with Gasteiger partial charge in [0.1, 0.15) is 0 Å². The summed E-state index contributed by atoms with van der Waals surface area (Å²) in [7, 11) is 0.601. The highest BCUT2D eigenvalue weighted by molar-refractivity contribution is 7.51. The van der Waals surface area contributed by atoms with Crippen molar-refractivity contribution in [1.82, 2.24) is 15.0 Å². The molecular formula is C14H19N4O5PS. The van der Waals surface area contributed by atoms with Crippen molar-refractivity contribution in [3.8, 4) is 0 Å². The lowest BCUT2D eigenvalue weighted by Gasteiger charge is -2.26. The van der Waals surface area contributed by atoms with E-state index in [2.05, 4.69) is 15.1 Å². The summed E-state index contributed by atoms with van der Waals surface area (Å²) in [5, 5.41) is 5.54. The molecule has 1 fully saturated rings. The molecule has 1 N–H and O–H groups in total. The van der Waals surface area contributed by atoms with E-state index in [1.807, 2.05) is 10.3 Å². The third-order valence-corrected chi connectivity index (χ3v) is 6.45. The lowest BCUT2D eigenvalue weighted by atomic mass is 10.1. The van der Waals surface area contributed by atoms with Gasteiger partial charge in [0.15, 0.2) is 10.8 Å². The summed E-state index contributed by atoms with van der Waals surface area (Å²) in [5.41, 5.74) is 1.29. The van der Waals surface area contributed by atoms with Crippen LogP contribution in [0.15, 0.2) is 27.8 Å². The van der Waals surface area contributed by atoms with Crippen LogP contribution in [0.2, 0.25) is 0 Å². The second-order valence-corrected chi connectivity index (χ2v) is 8.28. The average molecular weight is 386 g/mol. The molecule has 1 aromatic rings. The molecule has 2 aliphatic heterocycles. The first-order chi connectivity index (χ1) is 12.0. The predicted molar refractivity (Wildman–Crippen MR) is 92.4 cm³/mol. The van der Waals surface area contributed by atoms with Gasteiger partial charge in [0.25, 0.3) is 0 Å². The minimum Gasteiger partial charge on any atom is -0.466 e. The fourth-order valence-corrected chi connectivity index (χ4v) is 4.51. The molecule has 25 heavy (non-hydrogen) atoms. The zero-order valence-corrected chi connectivity index (χ0v) is 15.8. The van der Waals surface area contributed by atoms with Crippen molar-refractivity contribution >= 4 is 30.9 Å². The van der Waals surface area contributed by atoms with E-state index in [1.54, 1.807) is 6.20 Å². The van der Waals surface area contributed by atoms with Crippen LogP contribution >= 0.6 is 19.1 Å². The number of hydrogen-bond acceptors (Lipinski definition) is 9. The van der Waals surface area contributed by atoms with Gasteiger partial charge < -0.3 is 18.7 Å². The highest BCUT2D eigenvalue weighted by Crippen LogP contribution is 2.44. The van der Waals surface area contributed by atoms with Crippen LogP contribution in [0, 0.1) is 0 Å². The van der Waals surface area contributed by atoms with Gasteiger partial charge in [0.2, 0.25) is 0 Å². The topological polar surface area (TPSA) is 102 Å². The average Bonchev–Trinajstić information content (AvgIpc) is 3.29. The zero-order valence-electron chi connectivity index (χ0n) is 14.1. The number of aliphatic imine (C=N–C) groups is 1. The van der Waals surface area contributed by atoms with E-state index < -0.39 is 13.7 Å². The Hall–Kier alpha value is -1.58. The van der Waals surface area contributed by atoms with Crippen LogP contribution in [0.1, 0.15) is 11.4 Å². The van der Waals surface area contributed by atoms with E-state index in [0.29, 0.717) is 24.4 Å². The Labute approximate surface area is 149 Å². The van der Waals surface area contributed by atoms with Crippen molar-refractivity contribution in [3.63, 3.8) is 0 Å². The number of esters is 1. The highest BCUT2D eigenvalue weighted by Gasteiger charge is 2.40. The van der Waals surface area contributed by atoms with Crippen LogP contribution in [0.3, 0.4) is 0 Å². The molecule has 3 heterocycles. The summed E-state index contributed by atoms with van der Waals surface area (Å²) in [6.07, 6.45) is 2.18. The molecule has 1 aromatic heterocycles. The first-order valence-corrected chi connectivity index (χ1v) is 9.95. The number of amidine groups is 1. The normalized spacial score (nSPS) is 20.5. The fraction of sp³-hybridized carbons (Fsp3) is 0.500. The molecule has 0 amide bonds. The fourth-order valence-electron chi connectivity index (χ4n) is 2.88. The van der Waals surface area contributed by atoms with E-state index in [4.69, 9.17) is 13.8 Å². The zero-order chi connectivity index (χ0) is 18.0. The maximum absolute atomic E-state index is 12.4. The van der Waals surface area contributed by atoms with Gasteiger partial charge in [-0.3, -0.25) is 4.99 Å². The third kappa shape index (κ3) is 3.54. The molecule has 11 heteroatoms. The van der Waals surface area contributed by atoms with Gasteiger partial charge in [0.05, 0.1) is 19.2 Å². The number of carbonyl (C=O) groups excluding carboxylic acids is 1. The lowest BCUT2D eigenvalue weighted by Crippen LogP contribution is -2.36. The van der Waals surface area contributed by atoms with Crippen LogP contribution in [0.25, 0.3) is 0 Å². The van der Waals surface area contributed by atoms with E-state index in [0.717, 1.165) is 10.7 Å². The number of rotatable bonds is 6. The van der Waals surface area contributed by atoms with Crippen molar-refractivity contribution in [2.45, 2.75) is 12.5 Å². The minimum absolute atomic E-state index is 0.229. The summed E-state index contributed by atoms with van der Waals surface area (Å²) < 4.78 is 27.1. The molecule has 0 unspecified atom stereocenters. The Morgan fingerprint density at radius 2 is 2.16 bits per heavy atom. The van der Waals surface area contributed by atoms with Crippen LogP contribution in [0.4, 0.5) is 0 Å². The van der Waals surface area contributed by atoms with E-state index >= 15 is 0 Å². The third-order valence-electron chi connectivity index (χ3n) is 4.04. The summed E-state index contributed by atoms with van der Waals surface area (Å²) >= 11 is 1.47. The summed E-state index contributed by atoms with van der Waals surface area (Å²) in [5.74, 6) is 0.288. The molecule has 136 valence electrons. The Balaban J connectivity index is 1.91. The number of carbonyl (C=O) groups is 1. The monoisotopic (exact) mass is 386 g/mol. The van der Waals surface area contributed by atoms with Crippen LogP contribution in [0.5, 0.6) is 0 Å². The molecule has 1 atom stereocenters. The maximum atomic E-state index is 12.4. The van der Waals surface area contributed by atoms with Crippen molar-refractivity contribution in [1.29, 1.82) is 0 Å². The van der Waals surface area contributed by atoms with E-state index in [1.165, 1.54) is 32.7 Å². The first kappa shape index (κ1) is 18.2. The molecule has 0 aliphatic carbocycles. The SMILES string of the molecule is COC(=O)C1=C2C[C@H](NP(=O)(OC)OC)CN2C(c2nccs2)=NC1. The minimum atomic E-state index is -3.38. The van der Waals surface area contributed by atoms with Crippen LogP contribution < -0.4 is 5.09 Å². The molecule has 3 rings (SSSR count). The highest BCUT2D eigenvalue weighted by atomic mass is 32.1. The number of nitrogens with zero attached hydrogens (tertiary/aromatic N) is 3. The molecule has 2 aliphatic rings. The van der Waals surface area contributed by atoms with Crippen molar-refractivity contribution < 1.29 is 23.1 Å². The second-order valence-electron chi connectivity index (χ2n) is 5.40. The number of hydrogen-bond donors (Lipinski definition) is 1. The van der Waals surface area contributed by atoms with Gasteiger partial charge in [-0.05, 0) is 0 Å². The molecule has 0 aromatic carbocycles. The summed E-state index contributed by atoms with van der Waals surface area (Å²) in [6.45, 7) is 0.692. The van der Waals surface area contributed by atoms with Crippen LogP contribution in [-0.2, 0) is 23.1 Å². The quantitative estimate of drug-likeness (QED) is 0.578. The smallest absolute Gasteiger partial charge is 0.405 e. The molecule has 0 radical (unpaired) electrons. The summed E-state index contributed by atoms with van der Waals surface area (Å²) in [4.78, 5) is 22.8. The number of nitrogens with one attached hydrogen (secondary N) is 1. The van der Waals surface area contributed by atoms with Gasteiger partial charge >= 0.3 is 13.7 Å². The standard InChI is InChI=1S/C14H19N4O5PS/c1-21-14(19)10-7-16-12(13-15-4-5-25-13)18-8-9(6-11(10)18)17-24(20,22-2)23-3/h4-5,9H,6-8H2,1-3H3,(H,17,20)/t9-/m0/s1. The molecule has 1 saturated heterocycles. The largest absolute Gasteiger partial charge is 0.466 e. The molecule has 0 bridgehead atoms.